The highest BCUT2D eigenvalue weighted by atomic mass is 32.1. The molecule has 0 aromatic carbocycles. The summed E-state index contributed by atoms with van der Waals surface area (Å²) in [4.78, 5) is 0. The molecular weight excluding hydrogens is 120 g/mol. The van der Waals surface area contributed by atoms with Gasteiger partial charge in [0.25, 0.3) is 0 Å². The summed E-state index contributed by atoms with van der Waals surface area (Å²) in [6.07, 6.45) is 5.03. The smallest absolute Gasteiger partial charge is 0.0949 e. The Kier molecular flexibility index (Phi) is 2.50. The molecule has 0 aromatic rings. The Hall–Kier alpha value is -0.550. The highest BCUT2D eigenvalue weighted by molar-refractivity contribution is 7.64. The first-order valence-corrected chi connectivity index (χ1v) is 2.90. The largest absolute Gasteiger partial charge is 0.212 e. The molecule has 0 aromatic heterocycles. The average molecular weight is 127 g/mol. The van der Waals surface area contributed by atoms with Crippen molar-refractivity contribution < 1.29 is 4.21 Å². The summed E-state index contributed by atoms with van der Waals surface area (Å²) in [6.45, 7) is 3.52. The summed E-state index contributed by atoms with van der Waals surface area (Å²) >= 11 is 0.291. The number of rotatable bonds is 1. The molecule has 0 fully saturated rings. The predicted octanol–water partition coefficient (Wildman–Crippen LogP) is 0.538. The van der Waals surface area contributed by atoms with Crippen LogP contribution < -0.4 is 0 Å². The Balaban J connectivity index is 4.19. The molecule has 0 N–H and O–H groups in total. The summed E-state index contributed by atoms with van der Waals surface area (Å²) < 4.78 is 9.81. The fourth-order valence-corrected chi connectivity index (χ4v) is 0.401. The van der Waals surface area contributed by atoms with Gasteiger partial charge in [0.15, 0.2) is 0 Å². The lowest BCUT2D eigenvalue weighted by atomic mass is 9.99. The molecule has 0 aliphatic rings. The first-order valence-electron chi connectivity index (χ1n) is 2.16. The summed E-state index contributed by atoms with van der Waals surface area (Å²) in [6, 6.07) is 0. The topological polar surface area (TPSA) is 17.1 Å². The number of hydrogen-bond donors (Lipinski definition) is 0. The van der Waals surface area contributed by atoms with Gasteiger partial charge in [-0.3, -0.25) is 0 Å². The fraction of sp³-hybridized carbons (Fsp3) is 0.500. The summed E-state index contributed by atoms with van der Waals surface area (Å²) in [7, 11) is 0. The predicted molar refractivity (Wildman–Crippen MR) is 35.8 cm³/mol. The summed E-state index contributed by atoms with van der Waals surface area (Å²) in [5.41, 5.74) is -0.480. The third-order valence-electron chi connectivity index (χ3n) is 0.658. The molecule has 0 aliphatic carbocycles. The van der Waals surface area contributed by atoms with Crippen molar-refractivity contribution in [3.63, 3.8) is 0 Å². The van der Waals surface area contributed by atoms with Crippen molar-refractivity contribution in [3.05, 3.63) is 0 Å². The average Bonchev–Trinajstić information content (AvgIpc) is 1.67. The maximum atomic E-state index is 9.81. The third-order valence-corrected chi connectivity index (χ3v) is 1.25. The van der Waals surface area contributed by atoms with Crippen molar-refractivity contribution in [1.82, 2.24) is 0 Å². The second-order valence-corrected chi connectivity index (χ2v) is 2.33. The third kappa shape index (κ3) is 2.59. The fourth-order valence-electron chi connectivity index (χ4n) is 0.134. The maximum absolute atomic E-state index is 9.81. The Morgan fingerprint density at radius 2 is 2.12 bits per heavy atom. The second kappa shape index (κ2) is 2.68. The van der Waals surface area contributed by atoms with Gasteiger partial charge in [-0.2, -0.15) is 0 Å². The molecule has 0 rings (SSSR count). The minimum atomic E-state index is -0.480. The standard InChI is InChI=1S/C6H7OS/c1-4-6(2,3)5-8-7/h1H,2-3H3. The molecule has 0 spiro atoms. The van der Waals surface area contributed by atoms with Crippen LogP contribution >= 0.6 is 0 Å². The van der Waals surface area contributed by atoms with Crippen LogP contribution in [0, 0.1) is 17.8 Å². The van der Waals surface area contributed by atoms with E-state index in [0.29, 0.717) is 11.3 Å². The maximum Gasteiger partial charge on any atom is 0.0949 e. The van der Waals surface area contributed by atoms with Crippen LogP contribution in [-0.4, -0.2) is 9.58 Å². The molecule has 1 radical (unpaired) electrons. The van der Waals surface area contributed by atoms with Gasteiger partial charge >= 0.3 is 0 Å². The van der Waals surface area contributed by atoms with E-state index in [0.717, 1.165) is 0 Å². The van der Waals surface area contributed by atoms with Crippen LogP contribution in [0.1, 0.15) is 13.8 Å². The molecule has 0 heterocycles. The minimum Gasteiger partial charge on any atom is -0.212 e. The molecule has 0 saturated heterocycles. The van der Waals surface area contributed by atoms with Gasteiger partial charge in [0.05, 0.1) is 22.0 Å². The van der Waals surface area contributed by atoms with Crippen molar-refractivity contribution in [1.29, 1.82) is 0 Å². The van der Waals surface area contributed by atoms with Crippen LogP contribution in [0.3, 0.4) is 0 Å². The first kappa shape index (κ1) is 7.45. The van der Waals surface area contributed by atoms with Crippen LogP contribution in [-0.2, 0) is 11.3 Å². The lowest BCUT2D eigenvalue weighted by Crippen LogP contribution is -2.08. The lowest BCUT2D eigenvalue weighted by Gasteiger charge is -2.04. The molecular formula is C6H7OS. The van der Waals surface area contributed by atoms with Crippen molar-refractivity contribution in [2.75, 3.05) is 0 Å². The molecule has 1 nitrogen and oxygen atoms in total. The van der Waals surface area contributed by atoms with E-state index in [1.807, 2.05) is 0 Å². The summed E-state index contributed by atoms with van der Waals surface area (Å²) in [5.74, 6) is 2.41. The Bertz CT molecular complexity index is 158. The molecule has 2 heteroatoms. The van der Waals surface area contributed by atoms with Crippen LogP contribution in [0.25, 0.3) is 0 Å². The molecule has 0 bridgehead atoms. The SMILES string of the molecule is C#CC(C)(C)[C]=S=O. The van der Waals surface area contributed by atoms with E-state index in [9.17, 15) is 4.21 Å². The van der Waals surface area contributed by atoms with Crippen LogP contribution in [0.4, 0.5) is 0 Å². The highest BCUT2D eigenvalue weighted by Gasteiger charge is 2.08. The highest BCUT2D eigenvalue weighted by Crippen LogP contribution is 2.06. The molecule has 0 atom stereocenters. The van der Waals surface area contributed by atoms with Crippen LogP contribution in [0.5, 0.6) is 0 Å². The zero-order chi connectivity index (χ0) is 6.62. The van der Waals surface area contributed by atoms with E-state index >= 15 is 0 Å². The van der Waals surface area contributed by atoms with Gasteiger partial charge in [0, 0.05) is 0 Å². The monoisotopic (exact) mass is 127 g/mol. The van der Waals surface area contributed by atoms with Crippen LogP contribution in [0.2, 0.25) is 0 Å². The molecule has 8 heavy (non-hydrogen) atoms. The van der Waals surface area contributed by atoms with E-state index < -0.39 is 5.41 Å². The lowest BCUT2D eigenvalue weighted by molar-refractivity contribution is 0.697. The number of hydrogen-bond acceptors (Lipinski definition) is 1. The zero-order valence-electron chi connectivity index (χ0n) is 4.89. The second-order valence-electron chi connectivity index (χ2n) is 1.95. The van der Waals surface area contributed by atoms with Gasteiger partial charge in [-0.15, -0.1) is 6.42 Å². The molecule has 0 saturated carbocycles. The first-order chi connectivity index (χ1) is 3.62. The van der Waals surface area contributed by atoms with Crippen molar-refractivity contribution in [3.8, 4) is 12.3 Å². The molecule has 0 unspecified atom stereocenters. The zero-order valence-corrected chi connectivity index (χ0v) is 5.71. The van der Waals surface area contributed by atoms with Gasteiger partial charge in [-0.25, -0.2) is 4.21 Å². The van der Waals surface area contributed by atoms with Gasteiger partial charge in [0.2, 0.25) is 0 Å². The van der Waals surface area contributed by atoms with Crippen LogP contribution in [0.15, 0.2) is 0 Å². The van der Waals surface area contributed by atoms with E-state index in [4.69, 9.17) is 6.42 Å². The molecule has 0 amide bonds. The van der Waals surface area contributed by atoms with E-state index in [1.165, 1.54) is 0 Å². The summed E-state index contributed by atoms with van der Waals surface area (Å²) in [5, 5.41) is 2.50. The van der Waals surface area contributed by atoms with Gasteiger partial charge in [0.1, 0.15) is 0 Å². The number of terminal acetylenes is 1. The molecule has 43 valence electrons. The van der Waals surface area contributed by atoms with E-state index in [1.54, 1.807) is 13.8 Å². The Morgan fingerprint density at radius 3 is 2.25 bits per heavy atom. The van der Waals surface area contributed by atoms with Crippen molar-refractivity contribution in [2.24, 2.45) is 5.41 Å². The van der Waals surface area contributed by atoms with E-state index in [2.05, 4.69) is 11.3 Å². The Labute approximate surface area is 53.2 Å². The quantitative estimate of drug-likeness (QED) is 0.371. The van der Waals surface area contributed by atoms with Crippen molar-refractivity contribution in [2.45, 2.75) is 13.8 Å². The normalized spacial score (nSPS) is 9.62. The van der Waals surface area contributed by atoms with Gasteiger partial charge in [-0.05, 0) is 13.8 Å². The minimum absolute atomic E-state index is 0.291. The molecule has 0 aliphatic heterocycles. The van der Waals surface area contributed by atoms with E-state index in [-0.39, 0.29) is 0 Å². The van der Waals surface area contributed by atoms with Gasteiger partial charge in [-0.1, -0.05) is 5.92 Å². The Morgan fingerprint density at radius 1 is 1.62 bits per heavy atom. The van der Waals surface area contributed by atoms with Gasteiger partial charge < -0.3 is 0 Å². The van der Waals surface area contributed by atoms with Crippen molar-refractivity contribution >= 4 is 16.6 Å².